The fraction of sp³-hybridized carbons (Fsp3) is 0.588. The third-order valence-corrected chi connectivity index (χ3v) is 5.42. The molecule has 0 radical (unpaired) electrons. The topological polar surface area (TPSA) is 32.3 Å². The molecule has 1 amide bonds. The van der Waals surface area contributed by atoms with Gasteiger partial charge in [-0.2, -0.15) is 0 Å². The maximum Gasteiger partial charge on any atom is 0.226 e. The number of piperidine rings is 1. The number of halogens is 2. The van der Waals surface area contributed by atoms with Gasteiger partial charge in [-0.3, -0.25) is 4.79 Å². The monoisotopic (exact) mass is 308 g/mol. The lowest BCUT2D eigenvalue weighted by atomic mass is 9.91. The zero-order chi connectivity index (χ0) is 15.9. The van der Waals surface area contributed by atoms with Crippen molar-refractivity contribution in [2.24, 2.45) is 11.3 Å². The Bertz CT molecular complexity index is 584. The number of hydrogen-bond donors (Lipinski definition) is 1. The zero-order valence-electron chi connectivity index (χ0n) is 13.0. The molecule has 0 bridgehead atoms. The Kier molecular flexibility index (Phi) is 3.93. The first-order valence-corrected chi connectivity index (χ1v) is 7.87. The molecule has 3 rings (SSSR count). The third kappa shape index (κ3) is 2.62. The minimum Gasteiger partial charge on any atom is -0.339 e. The highest BCUT2D eigenvalue weighted by atomic mass is 19.1. The lowest BCUT2D eigenvalue weighted by Crippen LogP contribution is -2.36. The Hall–Kier alpha value is -1.49. The van der Waals surface area contributed by atoms with Crippen molar-refractivity contribution >= 4 is 5.91 Å². The van der Waals surface area contributed by atoms with Crippen LogP contribution >= 0.6 is 0 Å². The smallest absolute Gasteiger partial charge is 0.226 e. The number of carbonyl (C=O) groups excluding carboxylic acids is 1. The first-order valence-electron chi connectivity index (χ1n) is 7.87. The Morgan fingerprint density at radius 3 is 2.73 bits per heavy atom. The number of amides is 1. The molecule has 0 unspecified atom stereocenters. The minimum atomic E-state index is -0.481. The quantitative estimate of drug-likeness (QED) is 0.931. The van der Waals surface area contributed by atoms with E-state index in [1.54, 1.807) is 18.9 Å². The summed E-state index contributed by atoms with van der Waals surface area (Å²) in [4.78, 5) is 14.2. The molecule has 1 N–H and O–H groups in total. The van der Waals surface area contributed by atoms with Crippen LogP contribution in [0, 0.1) is 23.0 Å². The summed E-state index contributed by atoms with van der Waals surface area (Å²) in [5.74, 6) is -0.858. The Morgan fingerprint density at radius 2 is 2.05 bits per heavy atom. The second-order valence-corrected chi connectivity index (χ2v) is 6.66. The molecule has 5 heteroatoms. The molecule has 22 heavy (non-hydrogen) atoms. The van der Waals surface area contributed by atoms with Crippen LogP contribution in [0.1, 0.15) is 37.8 Å². The van der Waals surface area contributed by atoms with Crippen molar-refractivity contribution < 1.29 is 13.6 Å². The molecular formula is C17H22F2N2O. The van der Waals surface area contributed by atoms with E-state index in [0.29, 0.717) is 0 Å². The molecule has 1 heterocycles. The molecule has 1 aliphatic carbocycles. The van der Waals surface area contributed by atoms with Crippen LogP contribution in [0.25, 0.3) is 0 Å². The largest absolute Gasteiger partial charge is 0.339 e. The van der Waals surface area contributed by atoms with Crippen molar-refractivity contribution in [2.45, 2.75) is 32.2 Å². The van der Waals surface area contributed by atoms with Gasteiger partial charge in [0.25, 0.3) is 0 Å². The highest BCUT2D eigenvalue weighted by Crippen LogP contribution is 2.59. The van der Waals surface area contributed by atoms with E-state index in [2.05, 4.69) is 5.32 Å². The van der Waals surface area contributed by atoms with Crippen LogP contribution in [0.15, 0.2) is 18.2 Å². The summed E-state index contributed by atoms with van der Waals surface area (Å²) >= 11 is 0. The highest BCUT2D eigenvalue weighted by molar-refractivity contribution is 5.83. The van der Waals surface area contributed by atoms with Gasteiger partial charge in [0.05, 0.1) is 6.04 Å². The minimum absolute atomic E-state index is 0.0404. The predicted molar refractivity (Wildman–Crippen MR) is 80.2 cm³/mol. The maximum absolute atomic E-state index is 13.9. The van der Waals surface area contributed by atoms with Crippen LogP contribution in [0.5, 0.6) is 0 Å². The second kappa shape index (κ2) is 5.61. The van der Waals surface area contributed by atoms with Gasteiger partial charge in [0.1, 0.15) is 11.6 Å². The predicted octanol–water partition coefficient (Wildman–Crippen LogP) is 2.87. The molecular weight excluding hydrogens is 286 g/mol. The standard InChI is InChI=1S/C17H22F2N2O/c1-11(13-9-12(18)3-4-15(13)19)21(2)16(22)14-10-17(14)5-7-20-8-6-17/h3-4,9,11,14,20H,5-8,10H2,1-2H3/t11-,14+/m0/s1. The van der Waals surface area contributed by atoms with Crippen molar-refractivity contribution in [1.29, 1.82) is 0 Å². The first kappa shape index (κ1) is 15.4. The van der Waals surface area contributed by atoms with Crippen LogP contribution in [0.3, 0.4) is 0 Å². The van der Waals surface area contributed by atoms with Crippen molar-refractivity contribution in [3.8, 4) is 0 Å². The van der Waals surface area contributed by atoms with E-state index in [0.717, 1.165) is 44.5 Å². The van der Waals surface area contributed by atoms with E-state index >= 15 is 0 Å². The van der Waals surface area contributed by atoms with Crippen molar-refractivity contribution in [3.05, 3.63) is 35.4 Å². The summed E-state index contributed by atoms with van der Waals surface area (Å²) in [7, 11) is 1.68. The second-order valence-electron chi connectivity index (χ2n) is 6.66. The van der Waals surface area contributed by atoms with E-state index in [4.69, 9.17) is 0 Å². The Morgan fingerprint density at radius 1 is 1.36 bits per heavy atom. The summed E-state index contributed by atoms with van der Waals surface area (Å²) in [6, 6.07) is 2.92. The summed E-state index contributed by atoms with van der Waals surface area (Å²) in [5, 5.41) is 3.32. The molecule has 120 valence electrons. The molecule has 1 aliphatic heterocycles. The summed E-state index contributed by atoms with van der Waals surface area (Å²) in [5.41, 5.74) is 0.382. The van der Waals surface area contributed by atoms with Gasteiger partial charge in [0, 0.05) is 18.5 Å². The van der Waals surface area contributed by atoms with Gasteiger partial charge in [0.15, 0.2) is 0 Å². The third-order valence-electron chi connectivity index (χ3n) is 5.42. The number of nitrogens with zero attached hydrogens (tertiary/aromatic N) is 1. The van der Waals surface area contributed by atoms with Crippen LogP contribution in [-0.2, 0) is 4.79 Å². The maximum atomic E-state index is 13.9. The van der Waals surface area contributed by atoms with Crippen LogP contribution in [0.4, 0.5) is 8.78 Å². The zero-order valence-corrected chi connectivity index (χ0v) is 13.0. The van der Waals surface area contributed by atoms with Crippen molar-refractivity contribution in [3.63, 3.8) is 0 Å². The van der Waals surface area contributed by atoms with Gasteiger partial charge in [0.2, 0.25) is 5.91 Å². The van der Waals surface area contributed by atoms with Gasteiger partial charge >= 0.3 is 0 Å². The summed E-state index contributed by atoms with van der Waals surface area (Å²) in [6.07, 6.45) is 2.98. The molecule has 1 aromatic rings. The average Bonchev–Trinajstić information content (AvgIpc) is 3.21. The van der Waals surface area contributed by atoms with Crippen LogP contribution in [0.2, 0.25) is 0 Å². The van der Waals surface area contributed by atoms with Gasteiger partial charge in [-0.05, 0) is 62.9 Å². The molecule has 2 aliphatic rings. The van der Waals surface area contributed by atoms with E-state index < -0.39 is 17.7 Å². The molecule has 2 fully saturated rings. The average molecular weight is 308 g/mol. The van der Waals surface area contributed by atoms with Crippen LogP contribution in [-0.4, -0.2) is 30.9 Å². The Balaban J connectivity index is 1.72. The normalized spacial score (nSPS) is 24.1. The fourth-order valence-electron chi connectivity index (χ4n) is 3.65. The van der Waals surface area contributed by atoms with Gasteiger partial charge in [-0.1, -0.05) is 0 Å². The van der Waals surface area contributed by atoms with E-state index in [-0.39, 0.29) is 22.8 Å². The molecule has 1 saturated carbocycles. The molecule has 1 spiro atoms. The number of rotatable bonds is 3. The van der Waals surface area contributed by atoms with Crippen molar-refractivity contribution in [2.75, 3.05) is 20.1 Å². The highest BCUT2D eigenvalue weighted by Gasteiger charge is 2.58. The molecule has 2 atom stereocenters. The summed E-state index contributed by atoms with van der Waals surface area (Å²) < 4.78 is 27.2. The van der Waals surface area contributed by atoms with Gasteiger partial charge in [-0.25, -0.2) is 8.78 Å². The first-order chi connectivity index (χ1) is 10.4. The van der Waals surface area contributed by atoms with E-state index in [9.17, 15) is 13.6 Å². The fourth-order valence-corrected chi connectivity index (χ4v) is 3.65. The molecule has 1 aromatic carbocycles. The molecule has 3 nitrogen and oxygen atoms in total. The molecule has 1 saturated heterocycles. The van der Waals surface area contributed by atoms with Gasteiger partial charge in [-0.15, -0.1) is 0 Å². The van der Waals surface area contributed by atoms with Crippen molar-refractivity contribution in [1.82, 2.24) is 10.2 Å². The lowest BCUT2D eigenvalue weighted by Gasteiger charge is -2.28. The number of benzene rings is 1. The Labute approximate surface area is 129 Å². The number of hydrogen-bond acceptors (Lipinski definition) is 2. The molecule has 0 aromatic heterocycles. The van der Waals surface area contributed by atoms with E-state index in [1.165, 1.54) is 6.07 Å². The van der Waals surface area contributed by atoms with Crippen LogP contribution < -0.4 is 5.32 Å². The SMILES string of the molecule is C[C@@H](c1cc(F)ccc1F)N(C)C(=O)[C@H]1CC12CCNCC2. The lowest BCUT2D eigenvalue weighted by molar-refractivity contribution is -0.134. The van der Waals surface area contributed by atoms with E-state index in [1.807, 2.05) is 0 Å². The van der Waals surface area contributed by atoms with Gasteiger partial charge < -0.3 is 10.2 Å². The summed E-state index contributed by atoms with van der Waals surface area (Å²) in [6.45, 7) is 3.66. The number of nitrogens with one attached hydrogen (secondary N) is 1. The number of carbonyl (C=O) groups is 1.